The number of rotatable bonds is 11. The molecule has 1 aromatic rings. The first-order valence-corrected chi connectivity index (χ1v) is 9.59. The molecule has 0 saturated carbocycles. The molecule has 1 amide bonds. The predicted molar refractivity (Wildman–Crippen MR) is 109 cm³/mol. The van der Waals surface area contributed by atoms with Crippen molar-refractivity contribution in [2.45, 2.75) is 31.6 Å². The molecule has 0 aromatic heterocycles. The number of amides is 1. The summed E-state index contributed by atoms with van der Waals surface area (Å²) in [5, 5.41) is 23.7. The van der Waals surface area contributed by atoms with Gasteiger partial charge in [0.1, 0.15) is 31.0 Å². The van der Waals surface area contributed by atoms with Crippen molar-refractivity contribution in [2.24, 2.45) is 0 Å². The van der Waals surface area contributed by atoms with Crippen molar-refractivity contribution in [3.05, 3.63) is 48.0 Å². The van der Waals surface area contributed by atoms with Gasteiger partial charge in [0.25, 0.3) is 0 Å². The molecule has 11 nitrogen and oxygen atoms in total. The number of aliphatic hydroxyl groups is 2. The molecule has 0 aliphatic carbocycles. The zero-order valence-corrected chi connectivity index (χ0v) is 18.0. The van der Waals surface area contributed by atoms with Gasteiger partial charge in [0, 0.05) is 13.0 Å². The van der Waals surface area contributed by atoms with E-state index in [0.29, 0.717) is 0 Å². The molecule has 176 valence electrons. The topological polar surface area (TPSA) is 158 Å². The van der Waals surface area contributed by atoms with E-state index >= 15 is 0 Å². The first kappa shape index (κ1) is 26.6. The second kappa shape index (κ2) is 13.1. The number of aliphatic hydroxyl groups excluding tert-OH is 2. The highest BCUT2D eigenvalue weighted by molar-refractivity contribution is 5.89. The predicted octanol–water partition coefficient (Wildman–Crippen LogP) is 0.342. The third kappa shape index (κ3) is 8.00. The Hall–Kier alpha value is -3.44. The Morgan fingerprint density at radius 1 is 1.09 bits per heavy atom. The van der Waals surface area contributed by atoms with Gasteiger partial charge in [-0.15, -0.1) is 0 Å². The minimum absolute atomic E-state index is 0.0780. The van der Waals surface area contributed by atoms with Crippen LogP contribution in [0.1, 0.15) is 24.2 Å². The van der Waals surface area contributed by atoms with Crippen molar-refractivity contribution in [3.8, 4) is 0 Å². The highest BCUT2D eigenvalue weighted by Crippen LogP contribution is 2.21. The molecule has 0 radical (unpaired) electrons. The van der Waals surface area contributed by atoms with Gasteiger partial charge >= 0.3 is 24.0 Å². The quantitative estimate of drug-likeness (QED) is 0.242. The number of nitrogens with one attached hydrogen (secondary N) is 1. The molecular formula is C21H27NO10. The largest absolute Gasteiger partial charge is 0.463 e. The van der Waals surface area contributed by atoms with Gasteiger partial charge in [-0.05, 0) is 25.1 Å². The van der Waals surface area contributed by atoms with E-state index in [1.165, 1.54) is 12.1 Å². The van der Waals surface area contributed by atoms with E-state index in [0.717, 1.165) is 26.2 Å². The fourth-order valence-electron chi connectivity index (χ4n) is 2.53. The summed E-state index contributed by atoms with van der Waals surface area (Å²) < 4.78 is 19.3. The Morgan fingerprint density at radius 2 is 1.75 bits per heavy atom. The average Bonchev–Trinajstić information content (AvgIpc) is 2.78. The van der Waals surface area contributed by atoms with Crippen LogP contribution in [0.25, 0.3) is 0 Å². The maximum absolute atomic E-state index is 12.4. The van der Waals surface area contributed by atoms with Crippen LogP contribution in [0.5, 0.6) is 0 Å². The molecule has 0 aliphatic rings. The summed E-state index contributed by atoms with van der Waals surface area (Å²) in [7, 11) is 1.04. The number of hydrogen-bond donors (Lipinski definition) is 3. The normalized spacial score (nSPS) is 14.5. The standard InChI is InChI=1S/C21H27NO10/c1-4-30-18(26)11-10-16(24)21(22-20(28)29-3,17(25)12-31-14(2)23)13-32-19(27)15-8-6-5-7-9-15/h5-11,16-17,24-25H,4,12-13H2,1-3H3,(H,22,28)/b11-10+/t16-,17+,21+/m0/s1. The number of methoxy groups -OCH3 is 1. The molecule has 3 atom stereocenters. The van der Waals surface area contributed by atoms with Crippen LogP contribution >= 0.6 is 0 Å². The first-order chi connectivity index (χ1) is 15.2. The second-order valence-corrected chi connectivity index (χ2v) is 6.47. The molecule has 0 bridgehead atoms. The van der Waals surface area contributed by atoms with Crippen molar-refractivity contribution in [2.75, 3.05) is 26.9 Å². The number of hydrogen-bond acceptors (Lipinski definition) is 10. The van der Waals surface area contributed by atoms with E-state index < -0.39 is 55.0 Å². The zero-order chi connectivity index (χ0) is 24.1. The van der Waals surface area contributed by atoms with Crippen LogP contribution < -0.4 is 5.32 Å². The van der Waals surface area contributed by atoms with Gasteiger partial charge in [-0.1, -0.05) is 18.2 Å². The minimum Gasteiger partial charge on any atom is -0.463 e. The van der Waals surface area contributed by atoms with E-state index in [1.54, 1.807) is 25.1 Å². The molecular weight excluding hydrogens is 426 g/mol. The SMILES string of the molecule is CCOC(=O)/C=C/[C@H](O)[C@@](COC(=O)c1ccccc1)(NC(=O)OC)[C@H](O)COC(C)=O. The zero-order valence-electron chi connectivity index (χ0n) is 18.0. The van der Waals surface area contributed by atoms with E-state index in [9.17, 15) is 29.4 Å². The summed E-state index contributed by atoms with van der Waals surface area (Å²) in [5.41, 5.74) is -1.99. The van der Waals surface area contributed by atoms with Crippen LogP contribution in [0.3, 0.4) is 0 Å². The molecule has 1 aromatic carbocycles. The van der Waals surface area contributed by atoms with Gasteiger partial charge in [-0.25, -0.2) is 14.4 Å². The Kier molecular flexibility index (Phi) is 10.9. The highest BCUT2D eigenvalue weighted by Gasteiger charge is 2.47. The lowest BCUT2D eigenvalue weighted by atomic mass is 9.86. The smallest absolute Gasteiger partial charge is 0.407 e. The van der Waals surface area contributed by atoms with E-state index in [2.05, 4.69) is 10.1 Å². The summed E-state index contributed by atoms with van der Waals surface area (Å²) >= 11 is 0. The van der Waals surface area contributed by atoms with Crippen molar-refractivity contribution in [1.82, 2.24) is 5.32 Å². The van der Waals surface area contributed by atoms with Crippen LogP contribution in [0.15, 0.2) is 42.5 Å². The van der Waals surface area contributed by atoms with Crippen LogP contribution in [-0.2, 0) is 28.5 Å². The molecule has 0 heterocycles. The Labute approximate surface area is 184 Å². The minimum atomic E-state index is -2.16. The van der Waals surface area contributed by atoms with Crippen LogP contribution in [0.4, 0.5) is 4.79 Å². The van der Waals surface area contributed by atoms with Crippen LogP contribution in [-0.4, -0.2) is 78.9 Å². The summed E-state index contributed by atoms with van der Waals surface area (Å²) in [5.74, 6) is -2.36. The number of carbonyl (C=O) groups excluding carboxylic acids is 4. The molecule has 32 heavy (non-hydrogen) atoms. The fraction of sp³-hybridized carbons (Fsp3) is 0.429. The van der Waals surface area contributed by atoms with Crippen molar-refractivity contribution in [1.29, 1.82) is 0 Å². The van der Waals surface area contributed by atoms with Gasteiger partial charge in [-0.3, -0.25) is 4.79 Å². The van der Waals surface area contributed by atoms with Gasteiger partial charge in [0.15, 0.2) is 0 Å². The van der Waals surface area contributed by atoms with Gasteiger partial charge in [0.2, 0.25) is 0 Å². The van der Waals surface area contributed by atoms with Crippen molar-refractivity contribution < 1.29 is 48.3 Å². The second-order valence-electron chi connectivity index (χ2n) is 6.47. The van der Waals surface area contributed by atoms with Crippen molar-refractivity contribution in [3.63, 3.8) is 0 Å². The van der Waals surface area contributed by atoms with Crippen LogP contribution in [0.2, 0.25) is 0 Å². The van der Waals surface area contributed by atoms with E-state index in [4.69, 9.17) is 14.2 Å². The third-order valence-corrected chi connectivity index (χ3v) is 4.24. The molecule has 3 N–H and O–H groups in total. The number of esters is 3. The molecule has 0 aliphatic heterocycles. The molecule has 0 spiro atoms. The Balaban J connectivity index is 3.28. The van der Waals surface area contributed by atoms with E-state index in [1.807, 2.05) is 0 Å². The number of benzene rings is 1. The molecule has 0 saturated heterocycles. The third-order valence-electron chi connectivity index (χ3n) is 4.24. The van der Waals surface area contributed by atoms with Gasteiger partial charge < -0.3 is 34.5 Å². The summed E-state index contributed by atoms with van der Waals surface area (Å²) in [6, 6.07) is 7.84. The first-order valence-electron chi connectivity index (χ1n) is 9.59. The number of carbonyl (C=O) groups is 4. The van der Waals surface area contributed by atoms with Crippen LogP contribution in [0, 0.1) is 0 Å². The Bertz CT molecular complexity index is 810. The number of alkyl carbamates (subject to hydrolysis) is 1. The fourth-order valence-corrected chi connectivity index (χ4v) is 2.53. The number of ether oxygens (including phenoxy) is 4. The maximum atomic E-state index is 12.4. The lowest BCUT2D eigenvalue weighted by Gasteiger charge is -2.39. The van der Waals surface area contributed by atoms with E-state index in [-0.39, 0.29) is 12.2 Å². The average molecular weight is 453 g/mol. The molecule has 0 fully saturated rings. The monoisotopic (exact) mass is 453 g/mol. The maximum Gasteiger partial charge on any atom is 0.407 e. The molecule has 11 heteroatoms. The molecule has 1 rings (SSSR count). The summed E-state index contributed by atoms with van der Waals surface area (Å²) in [6.45, 7) is 1.31. The van der Waals surface area contributed by atoms with Gasteiger partial charge in [0.05, 0.1) is 19.3 Å². The highest BCUT2D eigenvalue weighted by atomic mass is 16.6. The lowest BCUT2D eigenvalue weighted by molar-refractivity contribution is -0.148. The molecule has 0 unspecified atom stereocenters. The Morgan fingerprint density at radius 3 is 2.31 bits per heavy atom. The van der Waals surface area contributed by atoms with Crippen molar-refractivity contribution >= 4 is 24.0 Å². The van der Waals surface area contributed by atoms with Gasteiger partial charge in [-0.2, -0.15) is 0 Å². The summed E-state index contributed by atoms with van der Waals surface area (Å²) in [6.07, 6.45) is -2.87. The summed E-state index contributed by atoms with van der Waals surface area (Å²) in [4.78, 5) is 47.2. The lowest BCUT2D eigenvalue weighted by Crippen LogP contribution is -2.67.